The number of nitrogens with zero attached hydrogens (tertiary/aromatic N) is 1. The molecule has 2 fully saturated rings. The summed E-state index contributed by atoms with van der Waals surface area (Å²) in [5.41, 5.74) is 0. The minimum absolute atomic E-state index is 0.00757. The first kappa shape index (κ1) is 32.9. The number of amides is 2. The van der Waals surface area contributed by atoms with E-state index in [-0.39, 0.29) is 24.0 Å². The highest BCUT2D eigenvalue weighted by atomic mass is 16.7. The average Bonchev–Trinajstić information content (AvgIpc) is 3.27. The van der Waals surface area contributed by atoms with Crippen molar-refractivity contribution in [3.05, 3.63) is 0 Å². The number of ether oxygens (including phenoxy) is 3. The third-order valence-electron chi connectivity index (χ3n) is 7.24. The minimum atomic E-state index is -1.14. The summed E-state index contributed by atoms with van der Waals surface area (Å²) in [4.78, 5) is 26.4. The summed E-state index contributed by atoms with van der Waals surface area (Å²) < 4.78 is 16.9. The molecule has 11 nitrogen and oxygen atoms in total. The van der Waals surface area contributed by atoms with Crippen molar-refractivity contribution in [2.45, 2.75) is 121 Å². The summed E-state index contributed by atoms with van der Waals surface area (Å²) in [5.74, 6) is -0.349. The number of unbranched alkanes of at least 4 members (excludes halogenated alkanes) is 4. The number of hydrogen-bond donors (Lipinski definition) is 5. The van der Waals surface area contributed by atoms with Gasteiger partial charge in [-0.25, -0.2) is 0 Å². The zero-order valence-electron chi connectivity index (χ0n) is 23.3. The van der Waals surface area contributed by atoms with Gasteiger partial charge in [0.1, 0.15) is 12.2 Å². The van der Waals surface area contributed by atoms with Gasteiger partial charge in [-0.3, -0.25) is 9.59 Å². The van der Waals surface area contributed by atoms with Crippen LogP contribution in [-0.2, 0) is 23.8 Å². The second-order valence-electron chi connectivity index (χ2n) is 10.9. The van der Waals surface area contributed by atoms with Gasteiger partial charge >= 0.3 is 0 Å². The van der Waals surface area contributed by atoms with E-state index in [0.29, 0.717) is 45.6 Å². The zero-order valence-corrected chi connectivity index (χ0v) is 23.3. The van der Waals surface area contributed by atoms with Crippen LogP contribution in [0.5, 0.6) is 0 Å². The van der Waals surface area contributed by atoms with Crippen molar-refractivity contribution in [3.63, 3.8) is 0 Å². The van der Waals surface area contributed by atoms with Crippen LogP contribution in [0.15, 0.2) is 0 Å². The van der Waals surface area contributed by atoms with Crippen molar-refractivity contribution >= 4 is 11.8 Å². The molecule has 0 aromatic rings. The summed E-state index contributed by atoms with van der Waals surface area (Å²) in [6.45, 7) is 7.06. The SMILES string of the molecule is CC(C)OC[C@@H]1C[C@@H](O)CN1C(=O)CCCCCNC(=O)CCCCCO[C@@H]1OC(CO)[C@H](O)[C@H](O)C1C. The Labute approximate surface area is 226 Å². The first-order chi connectivity index (χ1) is 18.1. The highest BCUT2D eigenvalue weighted by Gasteiger charge is 2.42. The molecule has 2 heterocycles. The minimum Gasteiger partial charge on any atom is -0.394 e. The van der Waals surface area contributed by atoms with E-state index in [0.717, 1.165) is 38.5 Å². The van der Waals surface area contributed by atoms with Gasteiger partial charge in [-0.05, 0) is 46.0 Å². The quantitative estimate of drug-likeness (QED) is 0.166. The van der Waals surface area contributed by atoms with E-state index >= 15 is 0 Å². The fraction of sp³-hybridized carbons (Fsp3) is 0.926. The van der Waals surface area contributed by atoms with E-state index in [4.69, 9.17) is 14.2 Å². The maximum atomic E-state index is 12.6. The molecule has 0 aromatic carbocycles. The van der Waals surface area contributed by atoms with Crippen LogP contribution in [-0.4, -0.2) is 113 Å². The van der Waals surface area contributed by atoms with Crippen LogP contribution in [0.4, 0.5) is 0 Å². The largest absolute Gasteiger partial charge is 0.394 e. The average molecular weight is 547 g/mol. The predicted molar refractivity (Wildman–Crippen MR) is 140 cm³/mol. The molecule has 5 N–H and O–H groups in total. The Kier molecular flexibility index (Phi) is 15.0. The van der Waals surface area contributed by atoms with Crippen LogP contribution in [0.2, 0.25) is 0 Å². The lowest BCUT2D eigenvalue weighted by Crippen LogP contribution is -2.55. The van der Waals surface area contributed by atoms with Crippen LogP contribution in [0, 0.1) is 5.92 Å². The molecular formula is C27H50N2O9. The van der Waals surface area contributed by atoms with Crippen molar-refractivity contribution in [2.24, 2.45) is 5.92 Å². The maximum Gasteiger partial charge on any atom is 0.222 e. The molecule has 2 amide bonds. The fourth-order valence-corrected chi connectivity index (χ4v) is 4.87. The second kappa shape index (κ2) is 17.4. The molecule has 2 rings (SSSR count). The smallest absolute Gasteiger partial charge is 0.222 e. The maximum absolute atomic E-state index is 12.6. The Morgan fingerprint density at radius 2 is 1.74 bits per heavy atom. The Bertz CT molecular complexity index is 693. The summed E-state index contributed by atoms with van der Waals surface area (Å²) in [6.07, 6.45) is 2.00. The zero-order chi connectivity index (χ0) is 28.1. The molecule has 0 radical (unpaired) electrons. The third kappa shape index (κ3) is 11.0. The number of aliphatic hydroxyl groups is 4. The number of rotatable bonds is 17. The van der Waals surface area contributed by atoms with E-state index in [1.807, 2.05) is 13.8 Å². The lowest BCUT2D eigenvalue weighted by Gasteiger charge is -2.40. The molecule has 0 spiro atoms. The van der Waals surface area contributed by atoms with Gasteiger partial charge in [0.25, 0.3) is 0 Å². The fourth-order valence-electron chi connectivity index (χ4n) is 4.87. The number of β-amino-alcohol motifs (C(OH)–C–C–N with tert-alkyl or cyclic N) is 1. The molecule has 222 valence electrons. The second-order valence-corrected chi connectivity index (χ2v) is 10.9. The lowest BCUT2D eigenvalue weighted by atomic mass is 9.92. The highest BCUT2D eigenvalue weighted by Crippen LogP contribution is 2.27. The predicted octanol–water partition coefficient (Wildman–Crippen LogP) is 0.702. The summed E-state index contributed by atoms with van der Waals surface area (Å²) in [6, 6.07) is -0.0598. The van der Waals surface area contributed by atoms with Gasteiger partial charge < -0.3 is 44.9 Å². The van der Waals surface area contributed by atoms with E-state index in [9.17, 15) is 30.0 Å². The molecule has 11 heteroatoms. The molecular weight excluding hydrogens is 496 g/mol. The van der Waals surface area contributed by atoms with Crippen molar-refractivity contribution in [1.29, 1.82) is 0 Å². The van der Waals surface area contributed by atoms with E-state index < -0.39 is 43.2 Å². The number of carbonyl (C=O) groups is 2. The number of likely N-dealkylation sites (tertiary alicyclic amines) is 1. The molecule has 0 saturated carbocycles. The molecule has 0 bridgehead atoms. The molecule has 2 aliphatic rings. The number of nitrogens with one attached hydrogen (secondary N) is 1. The summed E-state index contributed by atoms with van der Waals surface area (Å²) in [5, 5.41) is 42.1. The lowest BCUT2D eigenvalue weighted by molar-refractivity contribution is -0.282. The van der Waals surface area contributed by atoms with E-state index in [2.05, 4.69) is 5.32 Å². The van der Waals surface area contributed by atoms with Gasteiger partial charge in [0, 0.05) is 38.5 Å². The number of aliphatic hydroxyl groups excluding tert-OH is 4. The molecule has 2 aliphatic heterocycles. The Morgan fingerprint density at radius 3 is 2.45 bits per heavy atom. The highest BCUT2D eigenvalue weighted by molar-refractivity contribution is 5.77. The molecule has 2 saturated heterocycles. The van der Waals surface area contributed by atoms with Crippen LogP contribution in [0.3, 0.4) is 0 Å². The van der Waals surface area contributed by atoms with E-state index in [1.54, 1.807) is 11.8 Å². The topological polar surface area (TPSA) is 158 Å². The monoisotopic (exact) mass is 546 g/mol. The first-order valence-corrected chi connectivity index (χ1v) is 14.2. The third-order valence-corrected chi connectivity index (χ3v) is 7.24. The van der Waals surface area contributed by atoms with Crippen LogP contribution >= 0.6 is 0 Å². The first-order valence-electron chi connectivity index (χ1n) is 14.2. The molecule has 7 atom stereocenters. The number of hydrogen-bond acceptors (Lipinski definition) is 9. The van der Waals surface area contributed by atoms with E-state index in [1.165, 1.54) is 0 Å². The van der Waals surface area contributed by atoms with Gasteiger partial charge in [-0.1, -0.05) is 19.8 Å². The van der Waals surface area contributed by atoms with Gasteiger partial charge in [0.2, 0.25) is 11.8 Å². The van der Waals surface area contributed by atoms with Crippen molar-refractivity contribution in [3.8, 4) is 0 Å². The normalized spacial score (nSPS) is 29.7. The van der Waals surface area contributed by atoms with Gasteiger partial charge in [0.15, 0.2) is 6.29 Å². The van der Waals surface area contributed by atoms with Gasteiger partial charge in [0.05, 0.1) is 37.6 Å². The summed E-state index contributed by atoms with van der Waals surface area (Å²) >= 11 is 0. The van der Waals surface area contributed by atoms with Crippen LogP contribution in [0.1, 0.15) is 78.6 Å². The van der Waals surface area contributed by atoms with Crippen LogP contribution in [0.25, 0.3) is 0 Å². The van der Waals surface area contributed by atoms with Gasteiger partial charge in [-0.15, -0.1) is 0 Å². The van der Waals surface area contributed by atoms with Crippen molar-refractivity contribution in [1.82, 2.24) is 10.2 Å². The molecule has 0 aromatic heterocycles. The van der Waals surface area contributed by atoms with Crippen LogP contribution < -0.4 is 5.32 Å². The number of carbonyl (C=O) groups excluding carboxylic acids is 2. The Balaban J connectivity index is 1.47. The van der Waals surface area contributed by atoms with Crippen molar-refractivity contribution in [2.75, 3.05) is 32.9 Å². The Hall–Kier alpha value is -1.34. The molecule has 38 heavy (non-hydrogen) atoms. The standard InChI is InChI=1S/C27H50N2O9/c1-18(2)37-17-20-14-21(31)15-29(20)24(33)11-7-4-8-12-28-23(32)10-6-5-9-13-36-27-19(3)25(34)26(35)22(16-30)38-27/h18-22,25-27,30-31,34-35H,4-17H2,1-3H3,(H,28,32)/t19?,20-,21+,22?,25+,26-,27+/m0/s1. The van der Waals surface area contributed by atoms with Gasteiger partial charge in [-0.2, -0.15) is 0 Å². The summed E-state index contributed by atoms with van der Waals surface area (Å²) in [7, 11) is 0. The Morgan fingerprint density at radius 1 is 1.03 bits per heavy atom. The molecule has 2 unspecified atom stereocenters. The van der Waals surface area contributed by atoms with Crippen molar-refractivity contribution < 1.29 is 44.2 Å². The molecule has 0 aliphatic carbocycles.